The quantitative estimate of drug-likeness (QED) is 0.363. The predicted octanol–water partition coefficient (Wildman–Crippen LogP) is 6.73. The number of halogens is 6. The molecule has 1 saturated carbocycles. The van der Waals surface area contributed by atoms with Gasteiger partial charge < -0.3 is 10.2 Å². The fraction of sp³-hybridized carbons (Fsp3) is 0.720. The molecule has 3 atom stereocenters. The number of carboxylic acids is 1. The number of aliphatic hydroxyl groups is 1. The van der Waals surface area contributed by atoms with E-state index in [1.165, 1.54) is 12.1 Å². The lowest BCUT2D eigenvalue weighted by Crippen LogP contribution is -2.45. The van der Waals surface area contributed by atoms with Crippen LogP contribution in [0.5, 0.6) is 0 Å². The van der Waals surface area contributed by atoms with Crippen LogP contribution < -0.4 is 0 Å². The van der Waals surface area contributed by atoms with E-state index in [-0.39, 0.29) is 18.8 Å². The summed E-state index contributed by atoms with van der Waals surface area (Å²) in [6, 6.07) is 3.58. The van der Waals surface area contributed by atoms with Crippen molar-refractivity contribution in [2.75, 3.05) is 6.54 Å². The molecule has 1 heterocycles. The molecular formula is C25H33F6NO3. The van der Waals surface area contributed by atoms with Gasteiger partial charge in [0.25, 0.3) is 0 Å². The molecule has 0 aromatic heterocycles. The van der Waals surface area contributed by atoms with Gasteiger partial charge in [-0.05, 0) is 75.1 Å². The molecule has 2 aliphatic rings. The molecule has 1 aliphatic carbocycles. The molecule has 2 fully saturated rings. The van der Waals surface area contributed by atoms with E-state index in [0.717, 1.165) is 25.0 Å². The van der Waals surface area contributed by atoms with E-state index in [1.54, 1.807) is 0 Å². The first-order valence-electron chi connectivity index (χ1n) is 12.2. The first kappa shape index (κ1) is 27.8. The Hall–Kier alpha value is -1.81. The highest BCUT2D eigenvalue weighted by Crippen LogP contribution is 2.42. The van der Waals surface area contributed by atoms with Crippen LogP contribution in [0, 0.1) is 5.92 Å². The molecule has 4 nitrogen and oxygen atoms in total. The molecule has 0 amide bonds. The molecule has 0 radical (unpaired) electrons. The van der Waals surface area contributed by atoms with E-state index < -0.39 is 48.0 Å². The summed E-state index contributed by atoms with van der Waals surface area (Å²) in [6.07, 6.45) is -5.64. The lowest BCUT2D eigenvalue weighted by atomic mass is 9.82. The first-order valence-corrected chi connectivity index (χ1v) is 12.2. The van der Waals surface area contributed by atoms with E-state index >= 15 is 0 Å². The molecule has 0 bridgehead atoms. The van der Waals surface area contributed by atoms with Crippen LogP contribution in [0.4, 0.5) is 26.3 Å². The zero-order valence-electron chi connectivity index (χ0n) is 19.5. The molecule has 1 saturated heterocycles. The molecule has 1 aromatic rings. The van der Waals surface area contributed by atoms with Crippen molar-refractivity contribution in [2.24, 2.45) is 5.92 Å². The van der Waals surface area contributed by atoms with E-state index in [2.05, 4.69) is 0 Å². The van der Waals surface area contributed by atoms with Crippen LogP contribution >= 0.6 is 0 Å². The molecule has 10 heteroatoms. The number of carbonyl (C=O) groups is 1. The van der Waals surface area contributed by atoms with Gasteiger partial charge in [0, 0.05) is 24.9 Å². The Kier molecular flexibility index (Phi) is 8.78. The van der Waals surface area contributed by atoms with Gasteiger partial charge in [-0.25, -0.2) is 0 Å². The van der Waals surface area contributed by atoms with Crippen LogP contribution in [-0.4, -0.2) is 45.4 Å². The SMILES string of the molecule is O=C(O)C[C@@H]1CCN([C@@H](CCC(F)(F)F)CCC2(O)CCCC2)[C@H](c2ccc(C(F)(F)F)cc2)C1. The highest BCUT2D eigenvalue weighted by atomic mass is 19.4. The maximum Gasteiger partial charge on any atom is 0.416 e. The fourth-order valence-electron chi connectivity index (χ4n) is 5.67. The van der Waals surface area contributed by atoms with Gasteiger partial charge in [0.05, 0.1) is 11.2 Å². The summed E-state index contributed by atoms with van der Waals surface area (Å²) in [5.41, 5.74) is -1.17. The molecule has 0 unspecified atom stereocenters. The van der Waals surface area contributed by atoms with Crippen LogP contribution in [0.25, 0.3) is 0 Å². The van der Waals surface area contributed by atoms with Crippen molar-refractivity contribution < 1.29 is 41.4 Å². The number of nitrogens with zero attached hydrogens (tertiary/aromatic N) is 1. The maximum atomic E-state index is 13.1. The van der Waals surface area contributed by atoms with Crippen LogP contribution in [0.3, 0.4) is 0 Å². The zero-order valence-corrected chi connectivity index (χ0v) is 19.5. The van der Waals surface area contributed by atoms with Crippen molar-refractivity contribution >= 4 is 5.97 Å². The van der Waals surface area contributed by atoms with Crippen molar-refractivity contribution in [2.45, 2.75) is 101 Å². The summed E-state index contributed by atoms with van der Waals surface area (Å²) in [5.74, 6) is -1.20. The van der Waals surface area contributed by atoms with Crippen molar-refractivity contribution in [3.63, 3.8) is 0 Å². The topological polar surface area (TPSA) is 60.8 Å². The summed E-state index contributed by atoms with van der Waals surface area (Å²) >= 11 is 0. The van der Waals surface area contributed by atoms with Gasteiger partial charge in [-0.15, -0.1) is 0 Å². The third-order valence-electron chi connectivity index (χ3n) is 7.55. The Balaban J connectivity index is 1.86. The number of hydrogen-bond acceptors (Lipinski definition) is 3. The van der Waals surface area contributed by atoms with E-state index in [0.29, 0.717) is 50.6 Å². The average Bonchev–Trinajstić information content (AvgIpc) is 3.19. The monoisotopic (exact) mass is 509 g/mol. The summed E-state index contributed by atoms with van der Waals surface area (Å²) in [6.45, 7) is 0.352. The number of carboxylic acid groups (broad SMARTS) is 1. The van der Waals surface area contributed by atoms with Gasteiger partial charge in [-0.1, -0.05) is 25.0 Å². The number of benzene rings is 1. The summed E-state index contributed by atoms with van der Waals surface area (Å²) < 4.78 is 78.6. The van der Waals surface area contributed by atoms with Crippen molar-refractivity contribution in [3.05, 3.63) is 35.4 Å². The second-order valence-electron chi connectivity index (χ2n) is 10.1. The minimum Gasteiger partial charge on any atom is -0.481 e. The highest BCUT2D eigenvalue weighted by molar-refractivity contribution is 5.67. The Morgan fingerprint density at radius 1 is 1.06 bits per heavy atom. The van der Waals surface area contributed by atoms with Gasteiger partial charge >= 0.3 is 18.3 Å². The smallest absolute Gasteiger partial charge is 0.416 e. The van der Waals surface area contributed by atoms with Gasteiger partial charge in [-0.2, -0.15) is 26.3 Å². The Morgan fingerprint density at radius 3 is 2.23 bits per heavy atom. The normalized spacial score (nSPS) is 24.4. The molecule has 35 heavy (non-hydrogen) atoms. The molecule has 0 spiro atoms. The number of hydrogen-bond donors (Lipinski definition) is 2. The van der Waals surface area contributed by atoms with Crippen molar-refractivity contribution in [3.8, 4) is 0 Å². The largest absolute Gasteiger partial charge is 0.481 e. The third-order valence-corrected chi connectivity index (χ3v) is 7.55. The zero-order chi connectivity index (χ0) is 25.9. The van der Waals surface area contributed by atoms with Crippen LogP contribution in [0.2, 0.25) is 0 Å². The average molecular weight is 510 g/mol. The van der Waals surface area contributed by atoms with Gasteiger partial charge in [0.2, 0.25) is 0 Å². The van der Waals surface area contributed by atoms with Gasteiger partial charge in [0.1, 0.15) is 0 Å². The predicted molar refractivity (Wildman–Crippen MR) is 118 cm³/mol. The van der Waals surface area contributed by atoms with Crippen molar-refractivity contribution in [1.29, 1.82) is 0 Å². The second kappa shape index (κ2) is 11.1. The fourth-order valence-corrected chi connectivity index (χ4v) is 5.67. The minimum atomic E-state index is -4.51. The van der Waals surface area contributed by atoms with E-state index in [9.17, 15) is 41.4 Å². The minimum absolute atomic E-state index is 0.0993. The van der Waals surface area contributed by atoms with E-state index in [1.807, 2.05) is 4.90 Å². The van der Waals surface area contributed by atoms with Crippen LogP contribution in [0.15, 0.2) is 24.3 Å². The standard InChI is InChI=1S/C25H33F6NO3/c26-24(27,28)13-8-20(7-12-23(35)10-1-2-11-23)32-14-9-17(16-22(33)34)15-21(32)18-3-5-19(6-4-18)25(29,30)31/h3-6,17,20-21,35H,1-2,7-16H2,(H,33,34)/t17-,20-,21+/m1/s1. The lowest BCUT2D eigenvalue weighted by molar-refractivity contribution is -0.142. The maximum absolute atomic E-state index is 13.1. The summed E-state index contributed by atoms with van der Waals surface area (Å²) in [4.78, 5) is 13.2. The summed E-state index contributed by atoms with van der Waals surface area (Å²) in [5, 5.41) is 20.0. The molecule has 1 aromatic carbocycles. The Labute approximate surface area is 201 Å². The molecule has 2 N–H and O–H groups in total. The van der Waals surface area contributed by atoms with Crippen LogP contribution in [0.1, 0.15) is 87.8 Å². The van der Waals surface area contributed by atoms with Crippen molar-refractivity contribution in [1.82, 2.24) is 4.90 Å². The lowest BCUT2D eigenvalue weighted by Gasteiger charge is -2.45. The number of piperidine rings is 1. The van der Waals surface area contributed by atoms with Gasteiger partial charge in [0.15, 0.2) is 0 Å². The number of alkyl halides is 6. The first-order chi connectivity index (χ1) is 16.3. The number of rotatable bonds is 9. The van der Waals surface area contributed by atoms with E-state index in [4.69, 9.17) is 0 Å². The summed E-state index contributed by atoms with van der Waals surface area (Å²) in [7, 11) is 0. The van der Waals surface area contributed by atoms with Gasteiger partial charge in [-0.3, -0.25) is 9.69 Å². The second-order valence-corrected chi connectivity index (χ2v) is 10.1. The Morgan fingerprint density at radius 2 is 1.69 bits per heavy atom. The number of likely N-dealkylation sites (tertiary alicyclic amines) is 1. The molecular weight excluding hydrogens is 476 g/mol. The molecule has 3 rings (SSSR count). The third kappa shape index (κ3) is 8.10. The number of aliphatic carboxylic acids is 1. The Bertz CT molecular complexity index is 833. The highest BCUT2D eigenvalue weighted by Gasteiger charge is 2.39. The molecule has 198 valence electrons. The molecule has 1 aliphatic heterocycles. The van der Waals surface area contributed by atoms with Crippen LogP contribution in [-0.2, 0) is 11.0 Å².